The summed E-state index contributed by atoms with van der Waals surface area (Å²) >= 11 is 0. The van der Waals surface area contributed by atoms with Crippen LogP contribution in [0.15, 0.2) is 29.8 Å². The molecule has 144 valence electrons. The Morgan fingerprint density at radius 2 is 1.77 bits per heavy atom. The molecule has 0 aliphatic carbocycles. The van der Waals surface area contributed by atoms with Crippen LogP contribution in [-0.4, -0.2) is 49.4 Å². The van der Waals surface area contributed by atoms with Crippen molar-refractivity contribution >= 4 is 18.1 Å². The van der Waals surface area contributed by atoms with Crippen molar-refractivity contribution in [1.29, 1.82) is 0 Å². The lowest BCUT2D eigenvalue weighted by Crippen LogP contribution is -2.42. The van der Waals surface area contributed by atoms with Gasteiger partial charge in [0.1, 0.15) is 11.4 Å². The smallest absolute Gasteiger partial charge is 0.410 e. The monoisotopic (exact) mass is 363 g/mol. The van der Waals surface area contributed by atoms with E-state index >= 15 is 0 Å². The molecule has 0 unspecified atom stereocenters. The summed E-state index contributed by atoms with van der Waals surface area (Å²) in [6, 6.07) is 7.16. The van der Waals surface area contributed by atoms with E-state index in [4.69, 9.17) is 14.2 Å². The molecule has 1 aromatic carbocycles. The number of ether oxygens (including phenoxy) is 3. The van der Waals surface area contributed by atoms with Gasteiger partial charge in [0.2, 0.25) is 0 Å². The molecule has 1 aromatic rings. The fraction of sp³-hybridized carbons (Fsp3) is 0.500. The Hall–Kier alpha value is -2.50. The number of amides is 1. The lowest BCUT2D eigenvalue weighted by Gasteiger charge is -2.30. The number of carbonyl (C=O) groups excluding carboxylic acids is 2. The first-order chi connectivity index (χ1) is 12.1. The van der Waals surface area contributed by atoms with Crippen molar-refractivity contribution in [3.8, 4) is 5.75 Å². The molecule has 6 heteroatoms. The van der Waals surface area contributed by atoms with Gasteiger partial charge in [-0.05, 0) is 46.8 Å². The maximum atomic E-state index is 12.5. The number of rotatable bonds is 6. The molecule has 0 bridgehead atoms. The van der Waals surface area contributed by atoms with Gasteiger partial charge in [-0.3, -0.25) is 0 Å². The predicted molar refractivity (Wildman–Crippen MR) is 101 cm³/mol. The summed E-state index contributed by atoms with van der Waals surface area (Å²) in [6.07, 6.45) is 1.19. The zero-order chi connectivity index (χ0) is 19.9. The fourth-order valence-electron chi connectivity index (χ4n) is 2.24. The molecule has 0 saturated heterocycles. The second kappa shape index (κ2) is 9.27. The number of esters is 1. The Kier molecular flexibility index (Phi) is 7.68. The summed E-state index contributed by atoms with van der Waals surface area (Å²) < 4.78 is 15.7. The molecule has 0 N–H and O–H groups in total. The quantitative estimate of drug-likeness (QED) is 0.566. The molecular weight excluding hydrogens is 334 g/mol. The summed E-state index contributed by atoms with van der Waals surface area (Å²) in [5.41, 5.74) is 0.432. The minimum atomic E-state index is -0.623. The van der Waals surface area contributed by atoms with Crippen LogP contribution < -0.4 is 4.74 Å². The highest BCUT2D eigenvalue weighted by Gasteiger charge is 2.27. The first-order valence-corrected chi connectivity index (χ1v) is 8.50. The molecule has 1 amide bonds. The molecule has 0 aliphatic rings. The molecule has 0 saturated carbocycles. The van der Waals surface area contributed by atoms with Crippen LogP contribution in [0.2, 0.25) is 0 Å². The van der Waals surface area contributed by atoms with Gasteiger partial charge < -0.3 is 19.1 Å². The number of hydrogen-bond donors (Lipinski definition) is 0. The van der Waals surface area contributed by atoms with Crippen LogP contribution in [0.4, 0.5) is 4.79 Å². The SMILES string of the molecule is COC(=O)/C(=C/c1ccccc1OC)CN(C(=O)OC(C)(C)C)C(C)C. The summed E-state index contributed by atoms with van der Waals surface area (Å²) in [7, 11) is 2.87. The fourth-order valence-corrected chi connectivity index (χ4v) is 2.24. The lowest BCUT2D eigenvalue weighted by atomic mass is 10.1. The number of para-hydroxylation sites is 1. The molecular formula is C20H29NO5. The van der Waals surface area contributed by atoms with Crippen molar-refractivity contribution in [2.45, 2.75) is 46.3 Å². The van der Waals surface area contributed by atoms with E-state index < -0.39 is 17.7 Å². The highest BCUT2D eigenvalue weighted by atomic mass is 16.6. The first-order valence-electron chi connectivity index (χ1n) is 8.50. The van der Waals surface area contributed by atoms with Crippen molar-refractivity contribution in [2.75, 3.05) is 20.8 Å². The van der Waals surface area contributed by atoms with Gasteiger partial charge in [-0.1, -0.05) is 18.2 Å². The van der Waals surface area contributed by atoms with E-state index in [0.717, 1.165) is 5.56 Å². The van der Waals surface area contributed by atoms with Gasteiger partial charge in [-0.15, -0.1) is 0 Å². The first kappa shape index (κ1) is 21.5. The van der Waals surface area contributed by atoms with Gasteiger partial charge in [0, 0.05) is 11.6 Å². The van der Waals surface area contributed by atoms with Gasteiger partial charge in [0.15, 0.2) is 0 Å². The maximum absolute atomic E-state index is 12.5. The van der Waals surface area contributed by atoms with E-state index in [1.54, 1.807) is 40.0 Å². The molecule has 0 heterocycles. The van der Waals surface area contributed by atoms with Crippen LogP contribution in [0.3, 0.4) is 0 Å². The topological polar surface area (TPSA) is 65.1 Å². The highest BCUT2D eigenvalue weighted by molar-refractivity contribution is 5.95. The second-order valence-corrected chi connectivity index (χ2v) is 7.11. The van der Waals surface area contributed by atoms with Gasteiger partial charge in [-0.2, -0.15) is 0 Å². The number of nitrogens with zero attached hydrogens (tertiary/aromatic N) is 1. The van der Waals surface area contributed by atoms with E-state index in [2.05, 4.69) is 0 Å². The van der Waals surface area contributed by atoms with Gasteiger partial charge in [-0.25, -0.2) is 9.59 Å². The van der Waals surface area contributed by atoms with E-state index in [1.807, 2.05) is 32.0 Å². The molecule has 0 aromatic heterocycles. The second-order valence-electron chi connectivity index (χ2n) is 7.11. The van der Waals surface area contributed by atoms with E-state index in [1.165, 1.54) is 12.0 Å². The number of benzene rings is 1. The van der Waals surface area contributed by atoms with Crippen LogP contribution in [0.1, 0.15) is 40.2 Å². The molecule has 6 nitrogen and oxygen atoms in total. The zero-order valence-corrected chi connectivity index (χ0v) is 16.7. The maximum Gasteiger partial charge on any atom is 0.410 e. The van der Waals surface area contributed by atoms with Crippen molar-refractivity contribution < 1.29 is 23.8 Å². The van der Waals surface area contributed by atoms with Crippen LogP contribution in [0, 0.1) is 0 Å². The Morgan fingerprint density at radius 1 is 1.15 bits per heavy atom. The zero-order valence-electron chi connectivity index (χ0n) is 16.7. The molecule has 0 aliphatic heterocycles. The van der Waals surface area contributed by atoms with Crippen LogP contribution in [0.25, 0.3) is 6.08 Å². The van der Waals surface area contributed by atoms with Crippen molar-refractivity contribution in [3.63, 3.8) is 0 Å². The average molecular weight is 363 g/mol. The molecule has 26 heavy (non-hydrogen) atoms. The van der Waals surface area contributed by atoms with Crippen LogP contribution >= 0.6 is 0 Å². The van der Waals surface area contributed by atoms with E-state index in [0.29, 0.717) is 11.3 Å². The number of methoxy groups -OCH3 is 2. The Morgan fingerprint density at radius 3 is 2.27 bits per heavy atom. The van der Waals surface area contributed by atoms with E-state index in [-0.39, 0.29) is 12.6 Å². The third-order valence-corrected chi connectivity index (χ3v) is 3.51. The van der Waals surface area contributed by atoms with Crippen LogP contribution in [-0.2, 0) is 14.3 Å². The minimum Gasteiger partial charge on any atom is -0.496 e. The van der Waals surface area contributed by atoms with Crippen LogP contribution in [0.5, 0.6) is 5.75 Å². The number of carbonyl (C=O) groups is 2. The summed E-state index contributed by atoms with van der Waals surface area (Å²) in [6.45, 7) is 9.20. The van der Waals surface area contributed by atoms with E-state index in [9.17, 15) is 9.59 Å². The Bertz CT molecular complexity index is 658. The van der Waals surface area contributed by atoms with Crippen molar-refractivity contribution in [3.05, 3.63) is 35.4 Å². The summed E-state index contributed by atoms with van der Waals surface area (Å²) in [5.74, 6) is 0.118. The minimum absolute atomic E-state index is 0.0668. The van der Waals surface area contributed by atoms with Gasteiger partial charge in [0.05, 0.1) is 26.3 Å². The van der Waals surface area contributed by atoms with Crippen molar-refractivity contribution in [1.82, 2.24) is 4.90 Å². The summed E-state index contributed by atoms with van der Waals surface area (Å²) in [4.78, 5) is 26.3. The Balaban J connectivity index is 3.21. The van der Waals surface area contributed by atoms with Gasteiger partial charge in [0.25, 0.3) is 0 Å². The van der Waals surface area contributed by atoms with Gasteiger partial charge >= 0.3 is 12.1 Å². The largest absolute Gasteiger partial charge is 0.496 e. The van der Waals surface area contributed by atoms with Crippen molar-refractivity contribution in [2.24, 2.45) is 0 Å². The third kappa shape index (κ3) is 6.43. The Labute approximate surface area is 155 Å². The molecule has 1 rings (SSSR count). The standard InChI is InChI=1S/C20H29NO5/c1-14(2)21(19(23)26-20(3,4)5)13-16(18(22)25-7)12-15-10-8-9-11-17(15)24-6/h8-12,14H,13H2,1-7H3/b16-12+. The number of hydrogen-bond acceptors (Lipinski definition) is 5. The normalized spacial score (nSPS) is 11.9. The third-order valence-electron chi connectivity index (χ3n) is 3.51. The average Bonchev–Trinajstić information content (AvgIpc) is 2.56. The highest BCUT2D eigenvalue weighted by Crippen LogP contribution is 2.22. The molecule has 0 spiro atoms. The molecule has 0 fully saturated rings. The molecule has 0 radical (unpaired) electrons. The lowest BCUT2D eigenvalue weighted by molar-refractivity contribution is -0.136. The predicted octanol–water partition coefficient (Wildman–Crippen LogP) is 3.90. The molecule has 0 atom stereocenters. The summed E-state index contributed by atoms with van der Waals surface area (Å²) in [5, 5.41) is 0.